The van der Waals surface area contributed by atoms with Crippen LogP contribution in [0.4, 0.5) is 4.79 Å². The fourth-order valence-electron chi connectivity index (χ4n) is 2.88. The number of carboxylic acid groups (broad SMARTS) is 1. The molecule has 7 heteroatoms. The first-order valence-corrected chi connectivity index (χ1v) is 9.20. The second-order valence-electron chi connectivity index (χ2n) is 5.67. The van der Waals surface area contributed by atoms with Crippen molar-refractivity contribution in [1.29, 1.82) is 0 Å². The molecule has 2 aromatic rings. The lowest BCUT2D eigenvalue weighted by Crippen LogP contribution is -2.30. The fraction of sp³-hybridized carbons (Fsp3) is 0.294. The maximum atomic E-state index is 12.3. The predicted octanol–water partition coefficient (Wildman–Crippen LogP) is 3.95. The Morgan fingerprint density at radius 1 is 1.25 bits per heavy atom. The van der Waals surface area contributed by atoms with E-state index in [0.29, 0.717) is 6.54 Å². The van der Waals surface area contributed by atoms with Crippen molar-refractivity contribution >= 4 is 39.3 Å². The number of benzene rings is 1. The molecule has 0 bridgehead atoms. The van der Waals surface area contributed by atoms with Crippen LogP contribution < -0.4 is 0 Å². The van der Waals surface area contributed by atoms with Crippen molar-refractivity contribution < 1.29 is 19.4 Å². The summed E-state index contributed by atoms with van der Waals surface area (Å²) in [6.07, 6.45) is -0.473. The van der Waals surface area contributed by atoms with Crippen molar-refractivity contribution in [3.05, 3.63) is 56.7 Å². The molecule has 1 N–H and O–H groups in total. The monoisotopic (exact) mass is 409 g/mol. The quantitative estimate of drug-likeness (QED) is 0.829. The summed E-state index contributed by atoms with van der Waals surface area (Å²) in [6.45, 7) is 0.691. The number of carbonyl (C=O) groups excluding carboxylic acids is 1. The highest BCUT2D eigenvalue weighted by atomic mass is 79.9. The number of carboxylic acids is 1. The Morgan fingerprint density at radius 2 is 2.00 bits per heavy atom. The van der Waals surface area contributed by atoms with Gasteiger partial charge in [0.15, 0.2) is 0 Å². The number of hydrogen-bond donors (Lipinski definition) is 1. The van der Waals surface area contributed by atoms with Crippen LogP contribution in [-0.2, 0) is 16.1 Å². The van der Waals surface area contributed by atoms with Crippen LogP contribution in [-0.4, -0.2) is 35.2 Å². The lowest BCUT2D eigenvalue weighted by molar-refractivity contribution is -0.141. The molecule has 1 saturated heterocycles. The molecule has 1 fully saturated rings. The number of halogens is 1. The zero-order valence-corrected chi connectivity index (χ0v) is 15.1. The summed E-state index contributed by atoms with van der Waals surface area (Å²) in [5, 5.41) is 13.3. The van der Waals surface area contributed by atoms with Gasteiger partial charge in [0.05, 0.1) is 5.92 Å². The van der Waals surface area contributed by atoms with E-state index in [9.17, 15) is 14.7 Å². The average molecular weight is 410 g/mol. The van der Waals surface area contributed by atoms with Gasteiger partial charge in [-0.1, -0.05) is 30.3 Å². The fourth-order valence-corrected chi connectivity index (χ4v) is 4.54. The molecule has 0 aliphatic carbocycles. The number of carbonyl (C=O) groups is 2. The molecule has 1 amide bonds. The standard InChI is InChI=1S/C17H16BrNO4S/c18-15-10-24-9-14(15)12-6-19(7-13(12)16(20)21)17(22)23-8-11-4-2-1-3-5-11/h1-5,9-10,12-13H,6-8H2,(H,20,21). The number of rotatable bonds is 4. The topological polar surface area (TPSA) is 66.8 Å². The van der Waals surface area contributed by atoms with Crippen LogP contribution in [0.25, 0.3) is 0 Å². The molecule has 5 nitrogen and oxygen atoms in total. The van der Waals surface area contributed by atoms with Gasteiger partial charge in [-0.25, -0.2) is 4.79 Å². The van der Waals surface area contributed by atoms with Gasteiger partial charge in [0.2, 0.25) is 0 Å². The third-order valence-electron chi connectivity index (χ3n) is 4.14. The Labute approximate surface area is 152 Å². The van der Waals surface area contributed by atoms with Crippen molar-refractivity contribution in [2.75, 3.05) is 13.1 Å². The van der Waals surface area contributed by atoms with Crippen LogP contribution in [0.15, 0.2) is 45.6 Å². The Morgan fingerprint density at radius 3 is 2.62 bits per heavy atom. The lowest BCUT2D eigenvalue weighted by atomic mass is 9.91. The number of hydrogen-bond acceptors (Lipinski definition) is 4. The molecule has 1 aliphatic rings. The minimum absolute atomic E-state index is 0.163. The van der Waals surface area contributed by atoms with Gasteiger partial charge in [-0.15, -0.1) is 0 Å². The van der Waals surface area contributed by atoms with Gasteiger partial charge in [0, 0.05) is 28.9 Å². The minimum Gasteiger partial charge on any atom is -0.481 e. The first kappa shape index (κ1) is 17.0. The van der Waals surface area contributed by atoms with Crippen molar-refractivity contribution in [2.24, 2.45) is 5.92 Å². The van der Waals surface area contributed by atoms with Gasteiger partial charge in [-0.05, 0) is 32.4 Å². The molecule has 1 aromatic carbocycles. The summed E-state index contributed by atoms with van der Waals surface area (Å²) >= 11 is 4.96. The number of nitrogens with zero attached hydrogens (tertiary/aromatic N) is 1. The van der Waals surface area contributed by atoms with Gasteiger partial charge in [0.1, 0.15) is 6.61 Å². The smallest absolute Gasteiger partial charge is 0.410 e. The molecule has 1 aliphatic heterocycles. The maximum absolute atomic E-state index is 12.3. The van der Waals surface area contributed by atoms with Gasteiger partial charge >= 0.3 is 12.1 Å². The highest BCUT2D eigenvalue weighted by Crippen LogP contribution is 2.38. The van der Waals surface area contributed by atoms with Crippen LogP contribution in [0, 0.1) is 5.92 Å². The van der Waals surface area contributed by atoms with Crippen LogP contribution in [0.1, 0.15) is 17.0 Å². The van der Waals surface area contributed by atoms with Crippen molar-refractivity contribution in [3.8, 4) is 0 Å². The third kappa shape index (κ3) is 3.62. The molecule has 2 atom stereocenters. The third-order valence-corrected chi connectivity index (χ3v) is 5.89. The predicted molar refractivity (Wildman–Crippen MR) is 94.1 cm³/mol. The van der Waals surface area contributed by atoms with Crippen LogP contribution in [0.5, 0.6) is 0 Å². The molecule has 2 unspecified atom stereocenters. The molecular weight excluding hydrogens is 394 g/mol. The molecule has 24 heavy (non-hydrogen) atoms. The molecule has 2 heterocycles. The van der Waals surface area contributed by atoms with Crippen LogP contribution in [0.3, 0.4) is 0 Å². The van der Waals surface area contributed by atoms with Crippen molar-refractivity contribution in [3.63, 3.8) is 0 Å². The Kier molecular flexibility index (Phi) is 5.20. The second-order valence-corrected chi connectivity index (χ2v) is 7.27. The number of aliphatic carboxylic acids is 1. The van der Waals surface area contributed by atoms with Gasteiger partial charge in [-0.2, -0.15) is 11.3 Å². The zero-order valence-electron chi connectivity index (χ0n) is 12.7. The van der Waals surface area contributed by atoms with Gasteiger partial charge in [0.25, 0.3) is 0 Å². The Bertz CT molecular complexity index is 733. The van der Waals surface area contributed by atoms with Gasteiger partial charge in [-0.3, -0.25) is 4.79 Å². The summed E-state index contributed by atoms with van der Waals surface area (Å²) in [5.74, 6) is -1.75. The first-order chi connectivity index (χ1) is 11.6. The summed E-state index contributed by atoms with van der Waals surface area (Å²) < 4.78 is 6.21. The van der Waals surface area contributed by atoms with Gasteiger partial charge < -0.3 is 14.7 Å². The largest absolute Gasteiger partial charge is 0.481 e. The number of likely N-dealkylation sites (tertiary alicyclic amines) is 1. The normalized spacial score (nSPS) is 20.1. The highest BCUT2D eigenvalue weighted by Gasteiger charge is 2.42. The minimum atomic E-state index is -0.892. The molecule has 3 rings (SSSR count). The maximum Gasteiger partial charge on any atom is 0.410 e. The Balaban J connectivity index is 1.67. The second kappa shape index (κ2) is 7.36. The van der Waals surface area contributed by atoms with Crippen LogP contribution in [0.2, 0.25) is 0 Å². The Hall–Kier alpha value is -1.86. The molecule has 0 saturated carbocycles. The van der Waals surface area contributed by atoms with E-state index in [1.165, 1.54) is 16.2 Å². The summed E-state index contributed by atoms with van der Waals surface area (Å²) in [4.78, 5) is 25.3. The number of ether oxygens (including phenoxy) is 1. The van der Waals surface area contributed by atoms with Crippen molar-refractivity contribution in [1.82, 2.24) is 4.90 Å². The lowest BCUT2D eigenvalue weighted by Gasteiger charge is -2.16. The number of thiophene rings is 1. The van der Waals surface area contributed by atoms with E-state index in [2.05, 4.69) is 15.9 Å². The zero-order chi connectivity index (χ0) is 17.1. The van der Waals surface area contributed by atoms with E-state index >= 15 is 0 Å². The molecule has 126 valence electrons. The number of amides is 1. The van der Waals surface area contributed by atoms with E-state index < -0.39 is 18.0 Å². The molecule has 0 radical (unpaired) electrons. The average Bonchev–Trinajstić information content (AvgIpc) is 3.19. The summed E-state index contributed by atoms with van der Waals surface area (Å²) in [7, 11) is 0. The molecule has 0 spiro atoms. The van der Waals surface area contributed by atoms with E-state index in [-0.39, 0.29) is 19.1 Å². The first-order valence-electron chi connectivity index (χ1n) is 7.46. The van der Waals surface area contributed by atoms with E-state index in [1.54, 1.807) is 0 Å². The SMILES string of the molecule is O=C(O)C1CN(C(=O)OCc2ccccc2)CC1c1cscc1Br. The van der Waals surface area contributed by atoms with E-state index in [1.807, 2.05) is 41.1 Å². The summed E-state index contributed by atoms with van der Waals surface area (Å²) in [5.41, 5.74) is 1.84. The van der Waals surface area contributed by atoms with E-state index in [4.69, 9.17) is 4.74 Å². The van der Waals surface area contributed by atoms with Crippen molar-refractivity contribution in [2.45, 2.75) is 12.5 Å². The molecule has 1 aromatic heterocycles. The van der Waals surface area contributed by atoms with Crippen LogP contribution >= 0.6 is 27.3 Å². The highest BCUT2D eigenvalue weighted by molar-refractivity contribution is 9.10. The molecular formula is C17H16BrNO4S. The van der Waals surface area contributed by atoms with E-state index in [0.717, 1.165) is 15.6 Å². The summed E-state index contributed by atoms with van der Waals surface area (Å²) in [6, 6.07) is 9.41.